The quantitative estimate of drug-likeness (QED) is 0.846. The zero-order chi connectivity index (χ0) is 17.6. The summed E-state index contributed by atoms with van der Waals surface area (Å²) >= 11 is 0. The van der Waals surface area contributed by atoms with Gasteiger partial charge in [0.15, 0.2) is 0 Å². The van der Waals surface area contributed by atoms with Crippen molar-refractivity contribution in [2.24, 2.45) is 0 Å². The van der Waals surface area contributed by atoms with Gasteiger partial charge in [-0.2, -0.15) is 0 Å². The van der Waals surface area contributed by atoms with Crippen LogP contribution in [0.15, 0.2) is 48.5 Å². The summed E-state index contributed by atoms with van der Waals surface area (Å²) < 4.78 is 5.57. The molecule has 130 valence electrons. The number of carbonyl (C=O) groups excluding carboxylic acids is 1. The number of hydrogen-bond donors (Lipinski definition) is 1. The Morgan fingerprint density at radius 3 is 2.92 bits per heavy atom. The third kappa shape index (κ3) is 4.48. The van der Waals surface area contributed by atoms with Crippen molar-refractivity contribution in [3.63, 3.8) is 0 Å². The van der Waals surface area contributed by atoms with E-state index >= 15 is 0 Å². The van der Waals surface area contributed by atoms with Gasteiger partial charge in [0.05, 0.1) is 6.61 Å². The molecule has 1 heterocycles. The summed E-state index contributed by atoms with van der Waals surface area (Å²) in [7, 11) is 2.12. The van der Waals surface area contributed by atoms with Crippen LogP contribution in [0.25, 0.3) is 6.08 Å². The molecule has 0 spiro atoms. The van der Waals surface area contributed by atoms with Gasteiger partial charge in [-0.1, -0.05) is 24.3 Å². The number of fused-ring (bicyclic) bond motifs is 1. The molecule has 0 saturated heterocycles. The minimum absolute atomic E-state index is 0.143. The highest BCUT2D eigenvalue weighted by atomic mass is 16.5. The Bertz CT molecular complexity index is 783. The standard InChI is InChI=1S/C21H24N2O2/c1-3-25-20-7-5-4-6-17(20)9-11-21(24)22-19-10-8-16-12-13-23(2)15-18(16)14-19/h4-11,14H,3,12-13,15H2,1-2H3,(H,22,24)/b11-9+. The highest BCUT2D eigenvalue weighted by Gasteiger charge is 2.13. The van der Waals surface area contributed by atoms with Gasteiger partial charge >= 0.3 is 0 Å². The predicted octanol–water partition coefficient (Wildman–Crippen LogP) is 3.73. The minimum atomic E-state index is -0.143. The molecule has 1 aliphatic rings. The van der Waals surface area contributed by atoms with E-state index in [1.165, 1.54) is 11.1 Å². The molecule has 3 rings (SSSR count). The fourth-order valence-electron chi connectivity index (χ4n) is 3.03. The van der Waals surface area contributed by atoms with Crippen LogP contribution >= 0.6 is 0 Å². The number of benzene rings is 2. The first-order valence-electron chi connectivity index (χ1n) is 8.67. The summed E-state index contributed by atoms with van der Waals surface area (Å²) in [6.07, 6.45) is 4.39. The van der Waals surface area contributed by atoms with Gasteiger partial charge in [-0.15, -0.1) is 0 Å². The lowest BCUT2D eigenvalue weighted by Gasteiger charge is -2.25. The van der Waals surface area contributed by atoms with Gasteiger partial charge < -0.3 is 15.0 Å². The third-order valence-electron chi connectivity index (χ3n) is 4.31. The second kappa shape index (κ2) is 7.99. The summed E-state index contributed by atoms with van der Waals surface area (Å²) in [5.41, 5.74) is 4.39. The molecular weight excluding hydrogens is 312 g/mol. The van der Waals surface area contributed by atoms with Crippen LogP contribution in [0.1, 0.15) is 23.6 Å². The molecule has 1 amide bonds. The van der Waals surface area contributed by atoms with Crippen LogP contribution in [0.3, 0.4) is 0 Å². The van der Waals surface area contributed by atoms with Gasteiger partial charge in [-0.25, -0.2) is 0 Å². The molecule has 1 aliphatic heterocycles. The molecular formula is C21H24N2O2. The van der Waals surface area contributed by atoms with E-state index < -0.39 is 0 Å². The van der Waals surface area contributed by atoms with E-state index in [0.29, 0.717) is 6.61 Å². The molecule has 2 aromatic carbocycles. The third-order valence-corrected chi connectivity index (χ3v) is 4.31. The number of ether oxygens (including phenoxy) is 1. The zero-order valence-electron chi connectivity index (χ0n) is 14.8. The first-order valence-corrected chi connectivity index (χ1v) is 8.67. The first-order chi connectivity index (χ1) is 12.2. The average Bonchev–Trinajstić information content (AvgIpc) is 2.61. The number of rotatable bonds is 5. The number of nitrogens with zero attached hydrogens (tertiary/aromatic N) is 1. The van der Waals surface area contributed by atoms with Gasteiger partial charge in [-0.3, -0.25) is 4.79 Å². The Balaban J connectivity index is 1.68. The lowest BCUT2D eigenvalue weighted by Crippen LogP contribution is -2.26. The van der Waals surface area contributed by atoms with Gasteiger partial charge in [-0.05, 0) is 55.8 Å². The highest BCUT2D eigenvalue weighted by molar-refractivity contribution is 6.02. The molecule has 4 heteroatoms. The summed E-state index contributed by atoms with van der Waals surface area (Å²) in [4.78, 5) is 14.5. The molecule has 2 aromatic rings. The van der Waals surface area contributed by atoms with E-state index in [0.717, 1.165) is 36.5 Å². The van der Waals surface area contributed by atoms with Gasteiger partial charge in [0.2, 0.25) is 5.91 Å². The lowest BCUT2D eigenvalue weighted by atomic mass is 9.99. The number of amides is 1. The van der Waals surface area contributed by atoms with E-state index in [-0.39, 0.29) is 5.91 Å². The molecule has 25 heavy (non-hydrogen) atoms. The van der Waals surface area contributed by atoms with Crippen LogP contribution in [-0.4, -0.2) is 31.0 Å². The molecule has 0 bridgehead atoms. The van der Waals surface area contributed by atoms with Crippen molar-refractivity contribution in [2.45, 2.75) is 19.9 Å². The Labute approximate surface area is 149 Å². The summed E-state index contributed by atoms with van der Waals surface area (Å²) in [6, 6.07) is 13.9. The maximum atomic E-state index is 12.2. The van der Waals surface area contributed by atoms with E-state index in [9.17, 15) is 4.79 Å². The van der Waals surface area contributed by atoms with Crippen molar-refractivity contribution in [3.8, 4) is 5.75 Å². The van der Waals surface area contributed by atoms with E-state index in [1.54, 1.807) is 12.2 Å². The first kappa shape index (κ1) is 17.2. The highest BCUT2D eigenvalue weighted by Crippen LogP contribution is 2.22. The zero-order valence-corrected chi connectivity index (χ0v) is 14.8. The number of carbonyl (C=O) groups is 1. The molecule has 0 atom stereocenters. The molecule has 0 saturated carbocycles. The Hall–Kier alpha value is -2.59. The predicted molar refractivity (Wildman–Crippen MR) is 102 cm³/mol. The summed E-state index contributed by atoms with van der Waals surface area (Å²) in [5.74, 6) is 0.640. The van der Waals surface area contributed by atoms with Gasteiger partial charge in [0.25, 0.3) is 0 Å². The maximum Gasteiger partial charge on any atom is 0.248 e. The topological polar surface area (TPSA) is 41.6 Å². The molecule has 0 aromatic heterocycles. The number of nitrogens with one attached hydrogen (secondary N) is 1. The van der Waals surface area contributed by atoms with E-state index in [2.05, 4.69) is 29.4 Å². The van der Waals surface area contributed by atoms with Crippen molar-refractivity contribution < 1.29 is 9.53 Å². The smallest absolute Gasteiger partial charge is 0.248 e. The van der Waals surface area contributed by atoms with Crippen LogP contribution in [0.5, 0.6) is 5.75 Å². The number of para-hydroxylation sites is 1. The monoisotopic (exact) mass is 336 g/mol. The second-order valence-corrected chi connectivity index (χ2v) is 6.26. The fraction of sp³-hybridized carbons (Fsp3) is 0.286. The van der Waals surface area contributed by atoms with Crippen LogP contribution in [0.2, 0.25) is 0 Å². The van der Waals surface area contributed by atoms with Crippen LogP contribution in [0, 0.1) is 0 Å². The average molecular weight is 336 g/mol. The number of hydrogen-bond acceptors (Lipinski definition) is 3. The largest absolute Gasteiger partial charge is 0.493 e. The van der Waals surface area contributed by atoms with Gasteiger partial charge in [0.1, 0.15) is 5.75 Å². The van der Waals surface area contributed by atoms with Crippen LogP contribution in [-0.2, 0) is 17.8 Å². The summed E-state index contributed by atoms with van der Waals surface area (Å²) in [6.45, 7) is 4.55. The number of likely N-dealkylation sites (N-methyl/N-ethyl adjacent to an activating group) is 1. The van der Waals surface area contributed by atoms with Crippen molar-refractivity contribution in [1.82, 2.24) is 4.90 Å². The van der Waals surface area contributed by atoms with Crippen LogP contribution < -0.4 is 10.1 Å². The molecule has 0 fully saturated rings. The molecule has 4 nitrogen and oxygen atoms in total. The number of anilines is 1. The van der Waals surface area contributed by atoms with Crippen molar-refractivity contribution in [1.29, 1.82) is 0 Å². The molecule has 1 N–H and O–H groups in total. The van der Waals surface area contributed by atoms with Crippen molar-refractivity contribution in [2.75, 3.05) is 25.5 Å². The Morgan fingerprint density at radius 2 is 2.08 bits per heavy atom. The normalized spacial score (nSPS) is 14.3. The molecule has 0 radical (unpaired) electrons. The van der Waals surface area contributed by atoms with E-state index in [4.69, 9.17) is 4.74 Å². The fourth-order valence-corrected chi connectivity index (χ4v) is 3.03. The Morgan fingerprint density at radius 1 is 1.24 bits per heavy atom. The summed E-state index contributed by atoms with van der Waals surface area (Å²) in [5, 5.41) is 2.94. The minimum Gasteiger partial charge on any atom is -0.493 e. The molecule has 0 aliphatic carbocycles. The van der Waals surface area contributed by atoms with Crippen molar-refractivity contribution >= 4 is 17.7 Å². The SMILES string of the molecule is CCOc1ccccc1/C=C/C(=O)Nc1ccc2c(c1)CN(C)CC2. The van der Waals surface area contributed by atoms with Crippen LogP contribution in [0.4, 0.5) is 5.69 Å². The van der Waals surface area contributed by atoms with E-state index in [1.807, 2.05) is 37.3 Å². The lowest BCUT2D eigenvalue weighted by molar-refractivity contribution is -0.111. The van der Waals surface area contributed by atoms with Crippen molar-refractivity contribution in [3.05, 3.63) is 65.2 Å². The maximum absolute atomic E-state index is 12.2. The Kier molecular flexibility index (Phi) is 5.51. The second-order valence-electron chi connectivity index (χ2n) is 6.26. The molecule has 0 unspecified atom stereocenters. The van der Waals surface area contributed by atoms with Gasteiger partial charge in [0, 0.05) is 30.4 Å².